The highest BCUT2D eigenvalue weighted by molar-refractivity contribution is 6.08. The fourth-order valence-electron chi connectivity index (χ4n) is 1.22. The SMILES string of the molecule is O=C/C(=C\O)c1ccc(C(=O)O)cc1[N+](=O)[O-]. The van der Waals surface area contributed by atoms with Crippen LogP contribution >= 0.6 is 0 Å². The summed E-state index contributed by atoms with van der Waals surface area (Å²) in [7, 11) is 0. The second-order valence-corrected chi connectivity index (χ2v) is 3.00. The van der Waals surface area contributed by atoms with Gasteiger partial charge in [-0.05, 0) is 12.1 Å². The van der Waals surface area contributed by atoms with Crippen LogP contribution in [0.25, 0.3) is 5.57 Å². The third kappa shape index (κ3) is 2.46. The van der Waals surface area contributed by atoms with E-state index in [0.717, 1.165) is 18.2 Å². The number of rotatable bonds is 4. The number of benzene rings is 1. The first-order valence-corrected chi connectivity index (χ1v) is 4.33. The standard InChI is InChI=1S/C10H7NO6/c12-4-7(5-13)8-2-1-6(10(14)15)3-9(8)11(16)17/h1-5,12H,(H,14,15)/b7-4+. The Bertz CT molecular complexity index is 520. The number of aliphatic hydroxyl groups is 1. The minimum Gasteiger partial charge on any atom is -0.515 e. The number of aldehydes is 1. The van der Waals surface area contributed by atoms with Crippen LogP contribution in [-0.2, 0) is 4.79 Å². The number of nitro groups is 1. The van der Waals surface area contributed by atoms with Gasteiger partial charge in [-0.1, -0.05) is 0 Å². The summed E-state index contributed by atoms with van der Waals surface area (Å²) in [6, 6.07) is 3.03. The van der Waals surface area contributed by atoms with Gasteiger partial charge in [-0.15, -0.1) is 0 Å². The molecule has 0 aromatic heterocycles. The van der Waals surface area contributed by atoms with E-state index >= 15 is 0 Å². The van der Waals surface area contributed by atoms with Gasteiger partial charge in [0.25, 0.3) is 5.69 Å². The van der Waals surface area contributed by atoms with Crippen molar-refractivity contribution in [3.8, 4) is 0 Å². The number of carbonyl (C=O) groups excluding carboxylic acids is 1. The maximum absolute atomic E-state index is 10.7. The Balaban J connectivity index is 3.47. The van der Waals surface area contributed by atoms with Crippen LogP contribution in [-0.4, -0.2) is 27.4 Å². The van der Waals surface area contributed by atoms with E-state index in [1.165, 1.54) is 0 Å². The monoisotopic (exact) mass is 237 g/mol. The summed E-state index contributed by atoms with van der Waals surface area (Å²) in [5, 5.41) is 28.1. The molecule has 0 bridgehead atoms. The number of hydrogen-bond acceptors (Lipinski definition) is 5. The van der Waals surface area contributed by atoms with Gasteiger partial charge in [-0.3, -0.25) is 14.9 Å². The first-order chi connectivity index (χ1) is 8.01. The minimum atomic E-state index is -1.32. The predicted octanol–water partition coefficient (Wildman–Crippen LogP) is 1.39. The van der Waals surface area contributed by atoms with Crippen molar-refractivity contribution in [1.82, 2.24) is 0 Å². The van der Waals surface area contributed by atoms with Gasteiger partial charge in [0.15, 0.2) is 6.29 Å². The normalized spacial score (nSPS) is 10.9. The molecule has 2 N–H and O–H groups in total. The van der Waals surface area contributed by atoms with Crippen molar-refractivity contribution in [1.29, 1.82) is 0 Å². The van der Waals surface area contributed by atoms with Crippen LogP contribution in [0.3, 0.4) is 0 Å². The summed E-state index contributed by atoms with van der Waals surface area (Å²) in [4.78, 5) is 31.1. The van der Waals surface area contributed by atoms with Gasteiger partial charge in [0.1, 0.15) is 0 Å². The van der Waals surface area contributed by atoms with Crippen molar-refractivity contribution in [2.45, 2.75) is 0 Å². The fourth-order valence-corrected chi connectivity index (χ4v) is 1.22. The Hall–Kier alpha value is -2.70. The van der Waals surface area contributed by atoms with Crippen LogP contribution in [0, 0.1) is 10.1 Å². The average molecular weight is 237 g/mol. The zero-order chi connectivity index (χ0) is 13.0. The fraction of sp³-hybridized carbons (Fsp3) is 0. The van der Waals surface area contributed by atoms with Crippen molar-refractivity contribution in [2.24, 2.45) is 0 Å². The van der Waals surface area contributed by atoms with E-state index < -0.39 is 16.6 Å². The van der Waals surface area contributed by atoms with Crippen LogP contribution in [0.15, 0.2) is 24.5 Å². The number of nitro benzene ring substituents is 1. The zero-order valence-corrected chi connectivity index (χ0v) is 8.36. The summed E-state index contributed by atoms with van der Waals surface area (Å²) in [6.45, 7) is 0. The molecule has 1 rings (SSSR count). The number of aromatic carboxylic acids is 1. The summed E-state index contributed by atoms with van der Waals surface area (Å²) >= 11 is 0. The van der Waals surface area contributed by atoms with E-state index in [9.17, 15) is 19.7 Å². The summed E-state index contributed by atoms with van der Waals surface area (Å²) in [5.74, 6) is -1.32. The van der Waals surface area contributed by atoms with Crippen LogP contribution in [0.5, 0.6) is 0 Å². The molecule has 1 aromatic carbocycles. The van der Waals surface area contributed by atoms with Crippen molar-refractivity contribution < 1.29 is 24.7 Å². The lowest BCUT2D eigenvalue weighted by molar-refractivity contribution is -0.385. The number of carboxylic acids is 1. The third-order valence-electron chi connectivity index (χ3n) is 2.02. The Morgan fingerprint density at radius 2 is 2.06 bits per heavy atom. The molecule has 0 spiro atoms. The van der Waals surface area contributed by atoms with Gasteiger partial charge in [0, 0.05) is 6.07 Å². The Labute approximate surface area is 94.8 Å². The lowest BCUT2D eigenvalue weighted by Crippen LogP contribution is -2.01. The predicted molar refractivity (Wildman–Crippen MR) is 56.7 cm³/mol. The minimum absolute atomic E-state index is 0.141. The van der Waals surface area contributed by atoms with Crippen LogP contribution in [0.2, 0.25) is 0 Å². The van der Waals surface area contributed by atoms with Gasteiger partial charge in [-0.2, -0.15) is 0 Å². The summed E-state index contributed by atoms with van der Waals surface area (Å²) < 4.78 is 0. The second kappa shape index (κ2) is 4.88. The van der Waals surface area contributed by atoms with Crippen molar-refractivity contribution >= 4 is 23.5 Å². The molecule has 0 aliphatic heterocycles. The number of hydrogen-bond donors (Lipinski definition) is 2. The molecule has 0 saturated carbocycles. The summed E-state index contributed by atoms with van der Waals surface area (Å²) in [5.41, 5.74) is -1.27. The molecule has 88 valence electrons. The molecule has 0 amide bonds. The second-order valence-electron chi connectivity index (χ2n) is 3.00. The topological polar surface area (TPSA) is 118 Å². The molecule has 0 radical (unpaired) electrons. The van der Waals surface area contributed by atoms with Gasteiger partial charge in [-0.25, -0.2) is 4.79 Å². The molecule has 7 nitrogen and oxygen atoms in total. The molecule has 0 heterocycles. The van der Waals surface area contributed by atoms with Crippen molar-refractivity contribution in [3.63, 3.8) is 0 Å². The zero-order valence-electron chi connectivity index (χ0n) is 8.36. The highest BCUT2D eigenvalue weighted by atomic mass is 16.6. The van der Waals surface area contributed by atoms with Crippen molar-refractivity contribution in [2.75, 3.05) is 0 Å². The maximum Gasteiger partial charge on any atom is 0.335 e. The first kappa shape index (κ1) is 12.4. The molecule has 1 aromatic rings. The van der Waals surface area contributed by atoms with Crippen LogP contribution in [0.1, 0.15) is 15.9 Å². The number of allylic oxidation sites excluding steroid dienone is 1. The van der Waals surface area contributed by atoms with Gasteiger partial charge in [0.05, 0.1) is 27.9 Å². The molecule has 0 aliphatic carbocycles. The smallest absolute Gasteiger partial charge is 0.335 e. The number of aliphatic hydroxyl groups excluding tert-OH is 1. The third-order valence-corrected chi connectivity index (χ3v) is 2.02. The molecule has 17 heavy (non-hydrogen) atoms. The van der Waals surface area contributed by atoms with Gasteiger partial charge in [0.2, 0.25) is 0 Å². The Morgan fingerprint density at radius 1 is 1.41 bits per heavy atom. The van der Waals surface area contributed by atoms with E-state index in [0.29, 0.717) is 6.26 Å². The Morgan fingerprint density at radius 3 is 2.47 bits per heavy atom. The lowest BCUT2D eigenvalue weighted by atomic mass is 10.0. The van der Waals surface area contributed by atoms with Crippen LogP contribution in [0.4, 0.5) is 5.69 Å². The highest BCUT2D eigenvalue weighted by Gasteiger charge is 2.19. The van der Waals surface area contributed by atoms with E-state index in [4.69, 9.17) is 10.2 Å². The van der Waals surface area contributed by atoms with E-state index in [2.05, 4.69) is 0 Å². The number of carbonyl (C=O) groups is 2. The highest BCUT2D eigenvalue weighted by Crippen LogP contribution is 2.26. The van der Waals surface area contributed by atoms with Crippen LogP contribution < -0.4 is 0 Å². The largest absolute Gasteiger partial charge is 0.515 e. The molecule has 0 saturated heterocycles. The number of carboxylic acid groups (broad SMARTS) is 1. The summed E-state index contributed by atoms with van der Waals surface area (Å²) in [6.07, 6.45) is 0.665. The van der Waals surface area contributed by atoms with Gasteiger partial charge >= 0.3 is 5.97 Å². The number of nitrogens with zero attached hydrogens (tertiary/aromatic N) is 1. The van der Waals surface area contributed by atoms with E-state index in [1.54, 1.807) is 0 Å². The molecule has 0 fully saturated rings. The molecule has 0 unspecified atom stereocenters. The maximum atomic E-state index is 10.7. The quantitative estimate of drug-likeness (QED) is 0.268. The molecular weight excluding hydrogens is 230 g/mol. The molecule has 7 heteroatoms. The Kier molecular flexibility index (Phi) is 3.55. The van der Waals surface area contributed by atoms with E-state index in [-0.39, 0.29) is 23.0 Å². The van der Waals surface area contributed by atoms with E-state index in [1.807, 2.05) is 0 Å². The molecular formula is C10H7NO6. The first-order valence-electron chi connectivity index (χ1n) is 4.33. The van der Waals surface area contributed by atoms with Gasteiger partial charge < -0.3 is 10.2 Å². The lowest BCUT2D eigenvalue weighted by Gasteiger charge is -2.02. The molecule has 0 aliphatic rings. The molecule has 0 atom stereocenters. The average Bonchev–Trinajstić information content (AvgIpc) is 2.30. The van der Waals surface area contributed by atoms with Crippen molar-refractivity contribution in [3.05, 3.63) is 45.7 Å².